The summed E-state index contributed by atoms with van der Waals surface area (Å²) in [5.41, 5.74) is 6.55. The van der Waals surface area contributed by atoms with Gasteiger partial charge >= 0.3 is 0 Å². The van der Waals surface area contributed by atoms with E-state index in [-0.39, 0.29) is 24.4 Å². The fourth-order valence-corrected chi connectivity index (χ4v) is 2.90. The second-order valence-corrected chi connectivity index (χ2v) is 6.24. The van der Waals surface area contributed by atoms with Gasteiger partial charge in [-0.05, 0) is 35.1 Å². The Labute approximate surface area is 113 Å². The summed E-state index contributed by atoms with van der Waals surface area (Å²) < 4.78 is 1.15. The maximum atomic E-state index is 11.9. The SMILES string of the molecule is Cl.N[C@H]1CCN(C(=O)c2csc(I)c2)C1. The van der Waals surface area contributed by atoms with Crippen LogP contribution in [-0.2, 0) is 0 Å². The summed E-state index contributed by atoms with van der Waals surface area (Å²) in [7, 11) is 0. The van der Waals surface area contributed by atoms with Crippen LogP contribution in [0.2, 0.25) is 0 Å². The lowest BCUT2D eigenvalue weighted by Crippen LogP contribution is -2.31. The Morgan fingerprint density at radius 1 is 1.67 bits per heavy atom. The lowest BCUT2D eigenvalue weighted by Gasteiger charge is -2.14. The normalized spacial score (nSPS) is 20.1. The Morgan fingerprint density at radius 3 is 2.87 bits per heavy atom. The smallest absolute Gasteiger partial charge is 0.254 e. The van der Waals surface area contributed by atoms with Crippen LogP contribution in [0.4, 0.5) is 0 Å². The molecule has 1 amide bonds. The Morgan fingerprint density at radius 2 is 2.40 bits per heavy atom. The number of thiophene rings is 1. The highest BCUT2D eigenvalue weighted by Gasteiger charge is 2.24. The van der Waals surface area contributed by atoms with Gasteiger partial charge in [0.1, 0.15) is 0 Å². The van der Waals surface area contributed by atoms with Crippen LogP contribution in [0.3, 0.4) is 0 Å². The molecule has 1 aromatic heterocycles. The minimum Gasteiger partial charge on any atom is -0.337 e. The van der Waals surface area contributed by atoms with E-state index in [1.807, 2.05) is 16.3 Å². The van der Waals surface area contributed by atoms with Gasteiger partial charge in [-0.1, -0.05) is 0 Å². The standard InChI is InChI=1S/C9H11IN2OS.ClH/c10-8-3-6(5-14-8)9(13)12-2-1-7(11)4-12;/h3,5,7H,1-2,4,11H2;1H/t7-;/m0./s1. The molecule has 0 bridgehead atoms. The molecule has 1 fully saturated rings. The van der Waals surface area contributed by atoms with Gasteiger partial charge in [0, 0.05) is 24.5 Å². The van der Waals surface area contributed by atoms with Crippen LogP contribution in [0, 0.1) is 2.88 Å². The van der Waals surface area contributed by atoms with E-state index < -0.39 is 0 Å². The fourth-order valence-electron chi connectivity index (χ4n) is 1.58. The molecule has 2 rings (SSSR count). The lowest BCUT2D eigenvalue weighted by atomic mass is 10.3. The Bertz CT molecular complexity index is 358. The van der Waals surface area contributed by atoms with Crippen molar-refractivity contribution in [3.05, 3.63) is 19.9 Å². The number of likely N-dealkylation sites (tertiary alicyclic amines) is 1. The molecule has 0 unspecified atom stereocenters. The largest absolute Gasteiger partial charge is 0.337 e. The number of amides is 1. The number of nitrogens with zero attached hydrogens (tertiary/aromatic N) is 1. The molecule has 2 N–H and O–H groups in total. The second-order valence-electron chi connectivity index (χ2n) is 3.44. The second kappa shape index (κ2) is 5.47. The minimum absolute atomic E-state index is 0. The van der Waals surface area contributed by atoms with Crippen LogP contribution in [0.5, 0.6) is 0 Å². The van der Waals surface area contributed by atoms with Gasteiger partial charge in [-0.3, -0.25) is 4.79 Å². The number of rotatable bonds is 1. The Balaban J connectivity index is 0.00000112. The van der Waals surface area contributed by atoms with Crippen molar-refractivity contribution in [1.29, 1.82) is 0 Å². The van der Waals surface area contributed by atoms with Crippen molar-refractivity contribution in [2.24, 2.45) is 5.73 Å². The average molecular weight is 359 g/mol. The molecule has 0 aromatic carbocycles. The fraction of sp³-hybridized carbons (Fsp3) is 0.444. The first-order valence-corrected chi connectivity index (χ1v) is 6.41. The predicted octanol–water partition coefficient (Wildman–Crippen LogP) is 1.95. The molecular weight excluding hydrogens is 347 g/mol. The molecule has 2 heterocycles. The van der Waals surface area contributed by atoms with Crippen molar-refractivity contribution < 1.29 is 4.79 Å². The molecule has 84 valence electrons. The third kappa shape index (κ3) is 3.05. The number of carbonyl (C=O) groups excluding carboxylic acids is 1. The van der Waals surface area contributed by atoms with Crippen LogP contribution >= 0.6 is 46.3 Å². The molecule has 3 nitrogen and oxygen atoms in total. The maximum absolute atomic E-state index is 11.9. The Kier molecular flexibility index (Phi) is 4.82. The van der Waals surface area contributed by atoms with Gasteiger partial charge in [0.25, 0.3) is 5.91 Å². The molecule has 6 heteroatoms. The first-order chi connectivity index (χ1) is 6.66. The average Bonchev–Trinajstić information content (AvgIpc) is 2.73. The number of carbonyl (C=O) groups is 1. The predicted molar refractivity (Wildman–Crippen MR) is 72.8 cm³/mol. The van der Waals surface area contributed by atoms with E-state index in [2.05, 4.69) is 22.6 Å². The summed E-state index contributed by atoms with van der Waals surface area (Å²) in [6.45, 7) is 1.50. The molecule has 0 aliphatic carbocycles. The van der Waals surface area contributed by atoms with Gasteiger partial charge < -0.3 is 10.6 Å². The number of nitrogens with two attached hydrogens (primary N) is 1. The molecule has 0 spiro atoms. The van der Waals surface area contributed by atoms with Gasteiger partial charge in [0.05, 0.1) is 8.45 Å². The molecular formula is C9H12ClIN2OS. The minimum atomic E-state index is 0. The van der Waals surface area contributed by atoms with E-state index >= 15 is 0 Å². The van der Waals surface area contributed by atoms with Crippen LogP contribution in [0.1, 0.15) is 16.8 Å². The van der Waals surface area contributed by atoms with E-state index in [9.17, 15) is 4.79 Å². The third-order valence-electron chi connectivity index (χ3n) is 2.33. The van der Waals surface area contributed by atoms with Crippen LogP contribution in [0.25, 0.3) is 0 Å². The summed E-state index contributed by atoms with van der Waals surface area (Å²) in [5.74, 6) is 0.122. The van der Waals surface area contributed by atoms with E-state index in [1.54, 1.807) is 11.3 Å². The monoisotopic (exact) mass is 358 g/mol. The highest BCUT2D eigenvalue weighted by atomic mass is 127. The highest BCUT2D eigenvalue weighted by Crippen LogP contribution is 2.19. The van der Waals surface area contributed by atoms with Crippen LogP contribution in [0.15, 0.2) is 11.4 Å². The zero-order chi connectivity index (χ0) is 10.1. The lowest BCUT2D eigenvalue weighted by molar-refractivity contribution is 0.0791. The summed E-state index contributed by atoms with van der Waals surface area (Å²) in [5, 5.41) is 1.91. The Hall–Kier alpha value is 0.150. The van der Waals surface area contributed by atoms with Gasteiger partial charge in [0.2, 0.25) is 0 Å². The summed E-state index contributed by atoms with van der Waals surface area (Å²) in [6, 6.07) is 2.09. The van der Waals surface area contributed by atoms with E-state index in [0.717, 1.165) is 21.4 Å². The van der Waals surface area contributed by atoms with Crippen LogP contribution in [-0.4, -0.2) is 29.9 Å². The van der Waals surface area contributed by atoms with Crippen molar-refractivity contribution in [3.8, 4) is 0 Å². The zero-order valence-corrected chi connectivity index (χ0v) is 11.8. The molecule has 1 aliphatic heterocycles. The maximum Gasteiger partial charge on any atom is 0.254 e. The topological polar surface area (TPSA) is 46.3 Å². The molecule has 15 heavy (non-hydrogen) atoms. The van der Waals surface area contributed by atoms with Crippen molar-refractivity contribution in [1.82, 2.24) is 4.90 Å². The molecule has 1 atom stereocenters. The number of hydrogen-bond donors (Lipinski definition) is 1. The molecule has 0 radical (unpaired) electrons. The van der Waals surface area contributed by atoms with Crippen molar-refractivity contribution in [3.63, 3.8) is 0 Å². The van der Waals surface area contributed by atoms with Crippen molar-refractivity contribution in [2.45, 2.75) is 12.5 Å². The zero-order valence-electron chi connectivity index (χ0n) is 7.98. The summed E-state index contributed by atoms with van der Waals surface area (Å²) >= 11 is 3.82. The summed E-state index contributed by atoms with van der Waals surface area (Å²) in [4.78, 5) is 13.7. The van der Waals surface area contributed by atoms with Gasteiger partial charge in [0.15, 0.2) is 0 Å². The highest BCUT2D eigenvalue weighted by molar-refractivity contribution is 14.1. The molecule has 1 aliphatic rings. The molecule has 1 saturated heterocycles. The van der Waals surface area contributed by atoms with E-state index in [1.165, 1.54) is 0 Å². The number of halogens is 2. The van der Waals surface area contributed by atoms with Crippen LogP contribution < -0.4 is 5.73 Å². The van der Waals surface area contributed by atoms with Crippen molar-refractivity contribution >= 4 is 52.2 Å². The van der Waals surface area contributed by atoms with Gasteiger partial charge in [-0.25, -0.2) is 0 Å². The first kappa shape index (κ1) is 13.2. The van der Waals surface area contributed by atoms with E-state index in [4.69, 9.17) is 5.73 Å². The quantitative estimate of drug-likeness (QED) is 0.780. The molecule has 0 saturated carbocycles. The number of hydrogen-bond acceptors (Lipinski definition) is 3. The third-order valence-corrected chi connectivity index (χ3v) is 4.12. The van der Waals surface area contributed by atoms with Crippen molar-refractivity contribution in [2.75, 3.05) is 13.1 Å². The van der Waals surface area contributed by atoms with Gasteiger partial charge in [-0.2, -0.15) is 0 Å². The van der Waals surface area contributed by atoms with E-state index in [0.29, 0.717) is 6.54 Å². The van der Waals surface area contributed by atoms with Gasteiger partial charge in [-0.15, -0.1) is 23.7 Å². The first-order valence-electron chi connectivity index (χ1n) is 4.45. The molecule has 1 aromatic rings. The summed E-state index contributed by atoms with van der Waals surface area (Å²) in [6.07, 6.45) is 0.924.